The van der Waals surface area contributed by atoms with E-state index in [0.717, 1.165) is 29.4 Å². The lowest BCUT2D eigenvalue weighted by molar-refractivity contribution is -0.145. The van der Waals surface area contributed by atoms with Crippen molar-refractivity contribution in [3.63, 3.8) is 0 Å². The summed E-state index contributed by atoms with van der Waals surface area (Å²) in [5.41, 5.74) is 1.69. The molecule has 2 aromatic rings. The summed E-state index contributed by atoms with van der Waals surface area (Å²) in [5, 5.41) is 7.84. The third-order valence-electron chi connectivity index (χ3n) is 3.20. The zero-order chi connectivity index (χ0) is 13.9. The second-order valence-corrected chi connectivity index (χ2v) is 5.60. The topological polar surface area (TPSA) is 77.2 Å². The molecular formula is C13H15N3O3S. The van der Waals surface area contributed by atoms with E-state index >= 15 is 0 Å². The van der Waals surface area contributed by atoms with Crippen LogP contribution in [0.2, 0.25) is 0 Å². The Balaban J connectivity index is 1.68. The van der Waals surface area contributed by atoms with Gasteiger partial charge in [-0.1, -0.05) is 5.16 Å². The summed E-state index contributed by atoms with van der Waals surface area (Å²) in [6.07, 6.45) is 3.23. The summed E-state index contributed by atoms with van der Waals surface area (Å²) in [5.74, 6) is -0.372. The Morgan fingerprint density at radius 1 is 1.65 bits per heavy atom. The van der Waals surface area contributed by atoms with Gasteiger partial charge >= 0.3 is 5.97 Å². The molecule has 0 aliphatic heterocycles. The van der Waals surface area contributed by atoms with E-state index < -0.39 is 0 Å². The SMILES string of the molecule is CCOC(=O)C1CCc2sc(NCc3ccon3)nc21. The number of carbonyl (C=O) groups excluding carboxylic acids is 1. The molecule has 0 aromatic carbocycles. The number of esters is 1. The van der Waals surface area contributed by atoms with Gasteiger partial charge in [-0.05, 0) is 19.8 Å². The molecule has 1 N–H and O–H groups in total. The quantitative estimate of drug-likeness (QED) is 0.853. The number of hydrogen-bond donors (Lipinski definition) is 1. The van der Waals surface area contributed by atoms with Gasteiger partial charge in [0, 0.05) is 10.9 Å². The summed E-state index contributed by atoms with van der Waals surface area (Å²) in [4.78, 5) is 17.6. The van der Waals surface area contributed by atoms with E-state index in [4.69, 9.17) is 9.26 Å². The molecule has 3 rings (SSSR count). The first-order valence-electron chi connectivity index (χ1n) is 6.57. The molecule has 20 heavy (non-hydrogen) atoms. The van der Waals surface area contributed by atoms with E-state index in [1.54, 1.807) is 17.4 Å². The first-order chi connectivity index (χ1) is 9.78. The van der Waals surface area contributed by atoms with Crippen LogP contribution in [0.4, 0.5) is 5.13 Å². The Kier molecular flexibility index (Phi) is 3.68. The number of aryl methyl sites for hydroxylation is 1. The molecule has 7 heteroatoms. The predicted octanol–water partition coefficient (Wildman–Crippen LogP) is 2.34. The highest BCUT2D eigenvalue weighted by atomic mass is 32.1. The molecule has 1 aliphatic carbocycles. The minimum atomic E-state index is -0.205. The lowest BCUT2D eigenvalue weighted by Gasteiger charge is -2.07. The number of rotatable bonds is 5. The molecule has 6 nitrogen and oxygen atoms in total. The first-order valence-corrected chi connectivity index (χ1v) is 7.39. The molecule has 0 spiro atoms. The highest BCUT2D eigenvalue weighted by Gasteiger charge is 2.33. The lowest BCUT2D eigenvalue weighted by Crippen LogP contribution is -2.14. The summed E-state index contributed by atoms with van der Waals surface area (Å²) < 4.78 is 9.87. The van der Waals surface area contributed by atoms with E-state index in [-0.39, 0.29) is 11.9 Å². The Labute approximate surface area is 120 Å². The van der Waals surface area contributed by atoms with E-state index in [1.807, 2.05) is 6.92 Å². The summed E-state index contributed by atoms with van der Waals surface area (Å²) in [7, 11) is 0. The minimum Gasteiger partial charge on any atom is -0.465 e. The van der Waals surface area contributed by atoms with Crippen LogP contribution < -0.4 is 5.32 Å². The molecule has 0 fully saturated rings. The number of nitrogens with one attached hydrogen (secondary N) is 1. The van der Waals surface area contributed by atoms with Crippen LogP contribution >= 0.6 is 11.3 Å². The maximum Gasteiger partial charge on any atom is 0.315 e. The molecular weight excluding hydrogens is 278 g/mol. The second-order valence-electron chi connectivity index (χ2n) is 4.52. The Morgan fingerprint density at radius 3 is 3.30 bits per heavy atom. The highest BCUT2D eigenvalue weighted by molar-refractivity contribution is 7.15. The Hall–Kier alpha value is -1.89. The van der Waals surface area contributed by atoms with Gasteiger partial charge in [0.25, 0.3) is 0 Å². The number of hydrogen-bond acceptors (Lipinski definition) is 7. The minimum absolute atomic E-state index is 0.167. The first kappa shape index (κ1) is 13.1. The zero-order valence-electron chi connectivity index (χ0n) is 11.1. The van der Waals surface area contributed by atoms with Gasteiger partial charge < -0.3 is 14.6 Å². The summed E-state index contributed by atoms with van der Waals surface area (Å²) in [6, 6.07) is 1.80. The van der Waals surface area contributed by atoms with Crippen molar-refractivity contribution in [1.29, 1.82) is 0 Å². The van der Waals surface area contributed by atoms with E-state index in [2.05, 4.69) is 15.5 Å². The molecule has 1 unspecified atom stereocenters. The van der Waals surface area contributed by atoms with Crippen molar-refractivity contribution < 1.29 is 14.1 Å². The highest BCUT2D eigenvalue weighted by Crippen LogP contribution is 2.38. The fraction of sp³-hybridized carbons (Fsp3) is 0.462. The van der Waals surface area contributed by atoms with Crippen LogP contribution in [0.1, 0.15) is 35.5 Å². The van der Waals surface area contributed by atoms with E-state index in [1.165, 1.54) is 11.1 Å². The number of carbonyl (C=O) groups is 1. The smallest absolute Gasteiger partial charge is 0.315 e. The molecule has 0 saturated carbocycles. The third kappa shape index (κ3) is 2.53. The van der Waals surface area contributed by atoms with Crippen molar-refractivity contribution in [3.8, 4) is 0 Å². The van der Waals surface area contributed by atoms with Crippen LogP contribution in [-0.2, 0) is 22.5 Å². The van der Waals surface area contributed by atoms with Crippen LogP contribution in [0.3, 0.4) is 0 Å². The maximum atomic E-state index is 11.9. The normalized spacial score (nSPS) is 16.9. The van der Waals surface area contributed by atoms with Crippen molar-refractivity contribution in [2.24, 2.45) is 0 Å². The molecule has 1 aliphatic rings. The molecule has 1 atom stereocenters. The molecule has 0 saturated heterocycles. The van der Waals surface area contributed by atoms with Crippen molar-refractivity contribution in [2.45, 2.75) is 32.2 Å². The van der Waals surface area contributed by atoms with Gasteiger partial charge in [-0.15, -0.1) is 11.3 Å². The number of fused-ring (bicyclic) bond motifs is 1. The molecule has 0 radical (unpaired) electrons. The van der Waals surface area contributed by atoms with Crippen molar-refractivity contribution in [3.05, 3.63) is 28.6 Å². The Morgan fingerprint density at radius 2 is 2.55 bits per heavy atom. The molecule has 0 amide bonds. The number of anilines is 1. The molecule has 2 aromatic heterocycles. The maximum absolute atomic E-state index is 11.9. The van der Waals surface area contributed by atoms with E-state index in [0.29, 0.717) is 13.2 Å². The van der Waals surface area contributed by atoms with Gasteiger partial charge in [0.15, 0.2) is 5.13 Å². The number of aromatic nitrogens is 2. The van der Waals surface area contributed by atoms with Gasteiger partial charge in [0.05, 0.1) is 18.8 Å². The predicted molar refractivity (Wildman–Crippen MR) is 73.6 cm³/mol. The van der Waals surface area contributed by atoms with Crippen molar-refractivity contribution >= 4 is 22.4 Å². The van der Waals surface area contributed by atoms with Gasteiger partial charge in [-0.3, -0.25) is 4.79 Å². The summed E-state index contributed by atoms with van der Waals surface area (Å²) in [6.45, 7) is 2.79. The molecule has 0 bridgehead atoms. The second kappa shape index (κ2) is 5.62. The molecule has 2 heterocycles. The van der Waals surface area contributed by atoms with Gasteiger partial charge in [0.2, 0.25) is 0 Å². The number of ether oxygens (including phenoxy) is 1. The van der Waals surface area contributed by atoms with Gasteiger partial charge in [0.1, 0.15) is 17.9 Å². The standard InChI is InChI=1S/C13H15N3O3S/c1-2-18-12(17)9-3-4-10-11(9)15-13(20-10)14-7-8-5-6-19-16-8/h5-6,9H,2-4,7H2,1H3,(H,14,15). The van der Waals surface area contributed by atoms with E-state index in [9.17, 15) is 4.79 Å². The number of thiazole rings is 1. The van der Waals surface area contributed by atoms with Gasteiger partial charge in [-0.2, -0.15) is 0 Å². The van der Waals surface area contributed by atoms with Crippen molar-refractivity contribution in [1.82, 2.24) is 10.1 Å². The molecule has 106 valence electrons. The van der Waals surface area contributed by atoms with Crippen LogP contribution in [0.5, 0.6) is 0 Å². The average Bonchev–Trinajstić information content (AvgIpc) is 3.13. The average molecular weight is 293 g/mol. The fourth-order valence-electron chi connectivity index (χ4n) is 2.27. The van der Waals surface area contributed by atoms with Crippen LogP contribution in [0, 0.1) is 0 Å². The van der Waals surface area contributed by atoms with Gasteiger partial charge in [-0.25, -0.2) is 4.98 Å². The van der Waals surface area contributed by atoms with Crippen LogP contribution in [0.15, 0.2) is 16.9 Å². The fourth-order valence-corrected chi connectivity index (χ4v) is 3.30. The van der Waals surface area contributed by atoms with Crippen molar-refractivity contribution in [2.75, 3.05) is 11.9 Å². The Bertz CT molecular complexity index is 594. The monoisotopic (exact) mass is 293 g/mol. The van der Waals surface area contributed by atoms with Crippen LogP contribution in [-0.4, -0.2) is 22.7 Å². The third-order valence-corrected chi connectivity index (χ3v) is 4.29. The van der Waals surface area contributed by atoms with Crippen LogP contribution in [0.25, 0.3) is 0 Å². The summed E-state index contributed by atoms with van der Waals surface area (Å²) >= 11 is 1.59. The largest absolute Gasteiger partial charge is 0.465 e. The zero-order valence-corrected chi connectivity index (χ0v) is 11.9. The lowest BCUT2D eigenvalue weighted by atomic mass is 10.1. The number of nitrogens with zero attached hydrogens (tertiary/aromatic N) is 2.